The molecule has 0 radical (unpaired) electrons. The van der Waals surface area contributed by atoms with E-state index >= 15 is 0 Å². The summed E-state index contributed by atoms with van der Waals surface area (Å²) in [6.45, 7) is 0. The van der Waals surface area contributed by atoms with Gasteiger partial charge in [-0.15, -0.1) is 11.8 Å². The predicted octanol–water partition coefficient (Wildman–Crippen LogP) is 7.03. The van der Waals surface area contributed by atoms with E-state index < -0.39 is 22.9 Å². The Balaban J connectivity index is 1.33. The molecule has 1 aliphatic heterocycles. The molecule has 1 fully saturated rings. The van der Waals surface area contributed by atoms with E-state index in [1.165, 1.54) is 47.0 Å². The Bertz CT molecular complexity index is 1750. The number of carbonyl (C=O) groups is 4. The number of rotatable bonds is 8. The third-order valence-corrected chi connectivity index (χ3v) is 8.78. The van der Waals surface area contributed by atoms with Crippen LogP contribution in [0.25, 0.3) is 6.08 Å². The Kier molecular flexibility index (Phi) is 9.73. The average molecular weight is 770 g/mol. The summed E-state index contributed by atoms with van der Waals surface area (Å²) in [6, 6.07) is 26.6. The van der Waals surface area contributed by atoms with Gasteiger partial charge in [-0.05, 0) is 101 Å². The van der Waals surface area contributed by atoms with Crippen LogP contribution in [0.2, 0.25) is 0 Å². The molecule has 216 valence electrons. The standard InChI is InChI=1S/C32H22BrFIN3O4S/c33-20-10-8-19(9-11-20)16-27(37-30(40)25-6-1-2-7-26(25)34)31(41)36-22-4-3-5-24(17-22)43-28-18-29(39)38(32(28)42)23-14-12-21(35)13-15-23/h1-17,28H,18H2,(H,36,41)(H,37,40)/b27-16-/t28-/m0/s1. The zero-order valence-corrected chi connectivity index (χ0v) is 26.8. The Morgan fingerprint density at radius 2 is 1.67 bits per heavy atom. The van der Waals surface area contributed by atoms with Crippen molar-refractivity contribution >= 4 is 91.4 Å². The van der Waals surface area contributed by atoms with Gasteiger partial charge in [-0.2, -0.15) is 0 Å². The summed E-state index contributed by atoms with van der Waals surface area (Å²) in [6.07, 6.45) is 1.54. The number of amides is 4. The van der Waals surface area contributed by atoms with Crippen LogP contribution < -0.4 is 15.5 Å². The summed E-state index contributed by atoms with van der Waals surface area (Å²) in [5.41, 5.74) is 1.27. The predicted molar refractivity (Wildman–Crippen MR) is 177 cm³/mol. The Morgan fingerprint density at radius 1 is 0.953 bits per heavy atom. The van der Waals surface area contributed by atoms with Crippen molar-refractivity contribution in [2.24, 2.45) is 0 Å². The maximum Gasteiger partial charge on any atom is 0.272 e. The van der Waals surface area contributed by atoms with E-state index in [0.29, 0.717) is 21.8 Å². The molecular weight excluding hydrogens is 748 g/mol. The lowest BCUT2D eigenvalue weighted by molar-refractivity contribution is -0.121. The molecule has 0 aromatic heterocycles. The van der Waals surface area contributed by atoms with Gasteiger partial charge in [0.25, 0.3) is 11.8 Å². The lowest BCUT2D eigenvalue weighted by Gasteiger charge is -2.15. The van der Waals surface area contributed by atoms with E-state index in [9.17, 15) is 23.6 Å². The van der Waals surface area contributed by atoms with Gasteiger partial charge in [-0.25, -0.2) is 9.29 Å². The summed E-state index contributed by atoms with van der Waals surface area (Å²) < 4.78 is 16.1. The molecule has 0 bridgehead atoms. The first-order valence-electron chi connectivity index (χ1n) is 12.9. The highest BCUT2D eigenvalue weighted by Gasteiger charge is 2.40. The highest BCUT2D eigenvalue weighted by molar-refractivity contribution is 14.1. The minimum atomic E-state index is -0.775. The second-order valence-electron chi connectivity index (χ2n) is 9.38. The van der Waals surface area contributed by atoms with E-state index in [1.807, 2.05) is 12.1 Å². The molecule has 1 heterocycles. The summed E-state index contributed by atoms with van der Waals surface area (Å²) >= 11 is 6.76. The van der Waals surface area contributed by atoms with Crippen molar-refractivity contribution < 1.29 is 23.6 Å². The second-order valence-corrected chi connectivity index (χ2v) is 12.8. The van der Waals surface area contributed by atoms with Crippen molar-refractivity contribution in [3.63, 3.8) is 0 Å². The third kappa shape index (κ3) is 7.59. The van der Waals surface area contributed by atoms with Gasteiger partial charge in [0.05, 0.1) is 16.5 Å². The van der Waals surface area contributed by atoms with Crippen LogP contribution in [0.1, 0.15) is 22.3 Å². The SMILES string of the molecule is O=C(Nc1cccc(S[C@H]2CC(=O)N(c3ccc(I)cc3)C2=O)c1)/C(=C/c1ccc(Br)cc1)NC(=O)c1ccccc1F. The molecule has 4 aromatic carbocycles. The fourth-order valence-electron chi connectivity index (χ4n) is 4.29. The van der Waals surface area contributed by atoms with Crippen molar-refractivity contribution in [1.82, 2.24) is 5.32 Å². The van der Waals surface area contributed by atoms with Crippen LogP contribution in [-0.4, -0.2) is 28.9 Å². The molecule has 2 N–H and O–H groups in total. The van der Waals surface area contributed by atoms with Crippen LogP contribution in [-0.2, 0) is 14.4 Å². The number of carbonyl (C=O) groups excluding carboxylic acids is 4. The zero-order valence-electron chi connectivity index (χ0n) is 22.2. The van der Waals surface area contributed by atoms with Crippen molar-refractivity contribution in [2.45, 2.75) is 16.6 Å². The van der Waals surface area contributed by atoms with Crippen LogP contribution in [0.15, 0.2) is 112 Å². The molecule has 1 atom stereocenters. The number of halogens is 3. The highest BCUT2D eigenvalue weighted by Crippen LogP contribution is 2.35. The maximum absolute atomic E-state index is 14.3. The topological polar surface area (TPSA) is 95.6 Å². The normalized spacial score (nSPS) is 15.0. The van der Waals surface area contributed by atoms with Gasteiger partial charge >= 0.3 is 0 Å². The molecule has 4 aromatic rings. The Hall–Kier alpha value is -3.81. The van der Waals surface area contributed by atoms with E-state index in [0.717, 1.165) is 8.04 Å². The van der Waals surface area contributed by atoms with E-state index in [-0.39, 0.29) is 29.5 Å². The number of benzene rings is 4. The quantitative estimate of drug-likeness (QED) is 0.114. The number of nitrogens with zero attached hydrogens (tertiary/aromatic N) is 1. The number of thioether (sulfide) groups is 1. The molecule has 43 heavy (non-hydrogen) atoms. The number of imide groups is 1. The van der Waals surface area contributed by atoms with Crippen LogP contribution in [0, 0.1) is 9.39 Å². The van der Waals surface area contributed by atoms with E-state index in [1.54, 1.807) is 60.7 Å². The molecule has 5 rings (SSSR count). The minimum Gasteiger partial charge on any atom is -0.321 e. The van der Waals surface area contributed by atoms with Gasteiger partial charge in [-0.1, -0.05) is 46.3 Å². The highest BCUT2D eigenvalue weighted by atomic mass is 127. The van der Waals surface area contributed by atoms with Crippen LogP contribution in [0.3, 0.4) is 0 Å². The number of anilines is 2. The third-order valence-electron chi connectivity index (χ3n) is 6.35. The monoisotopic (exact) mass is 769 g/mol. The first-order chi connectivity index (χ1) is 20.7. The van der Waals surface area contributed by atoms with E-state index in [4.69, 9.17) is 0 Å². The van der Waals surface area contributed by atoms with Gasteiger partial charge in [-0.3, -0.25) is 19.2 Å². The fraction of sp³-hybridized carbons (Fsp3) is 0.0625. The molecule has 7 nitrogen and oxygen atoms in total. The summed E-state index contributed by atoms with van der Waals surface area (Å²) in [5.74, 6) is -2.70. The van der Waals surface area contributed by atoms with Gasteiger partial charge in [0.1, 0.15) is 11.5 Å². The zero-order chi connectivity index (χ0) is 30.5. The van der Waals surface area contributed by atoms with Crippen LogP contribution >= 0.6 is 50.3 Å². The minimum absolute atomic E-state index is 0.0498. The van der Waals surface area contributed by atoms with Gasteiger partial charge in [0, 0.05) is 25.0 Å². The van der Waals surface area contributed by atoms with E-state index in [2.05, 4.69) is 49.2 Å². The molecule has 4 amide bonds. The van der Waals surface area contributed by atoms with Gasteiger partial charge in [0.15, 0.2) is 0 Å². The lowest BCUT2D eigenvalue weighted by Crippen LogP contribution is -2.31. The lowest BCUT2D eigenvalue weighted by atomic mass is 10.1. The van der Waals surface area contributed by atoms with Crippen molar-refractivity contribution in [3.8, 4) is 0 Å². The van der Waals surface area contributed by atoms with Crippen molar-refractivity contribution in [3.05, 3.63) is 128 Å². The molecule has 0 aliphatic carbocycles. The van der Waals surface area contributed by atoms with Gasteiger partial charge in [0.2, 0.25) is 11.8 Å². The second kappa shape index (κ2) is 13.7. The first kappa shape index (κ1) is 30.6. The molecular formula is C32H22BrFIN3O4S. The number of hydrogen-bond acceptors (Lipinski definition) is 5. The smallest absolute Gasteiger partial charge is 0.272 e. The Labute approximate surface area is 273 Å². The summed E-state index contributed by atoms with van der Waals surface area (Å²) in [4.78, 5) is 54.0. The largest absolute Gasteiger partial charge is 0.321 e. The molecule has 0 spiro atoms. The molecule has 0 saturated carbocycles. The average Bonchev–Trinajstić information content (AvgIpc) is 3.26. The molecule has 11 heteroatoms. The maximum atomic E-state index is 14.3. The molecule has 1 aliphatic rings. The van der Waals surface area contributed by atoms with Crippen LogP contribution in [0.4, 0.5) is 15.8 Å². The first-order valence-corrected chi connectivity index (χ1v) is 15.7. The Morgan fingerprint density at radius 3 is 2.40 bits per heavy atom. The molecule has 1 saturated heterocycles. The number of hydrogen-bond donors (Lipinski definition) is 2. The van der Waals surface area contributed by atoms with Gasteiger partial charge < -0.3 is 10.6 Å². The summed E-state index contributed by atoms with van der Waals surface area (Å²) in [5, 5.41) is 4.68. The van der Waals surface area contributed by atoms with Crippen molar-refractivity contribution in [2.75, 3.05) is 10.2 Å². The van der Waals surface area contributed by atoms with Crippen LogP contribution in [0.5, 0.6) is 0 Å². The number of nitrogens with one attached hydrogen (secondary N) is 2. The summed E-state index contributed by atoms with van der Waals surface area (Å²) in [7, 11) is 0. The fourth-order valence-corrected chi connectivity index (χ4v) is 6.02. The van der Waals surface area contributed by atoms with Crippen molar-refractivity contribution in [1.29, 1.82) is 0 Å². The molecule has 0 unspecified atom stereocenters.